The van der Waals surface area contributed by atoms with E-state index in [0.29, 0.717) is 12.0 Å². The van der Waals surface area contributed by atoms with E-state index in [2.05, 4.69) is 10.3 Å². The molecule has 0 aromatic carbocycles. The van der Waals surface area contributed by atoms with Gasteiger partial charge in [0, 0.05) is 12.7 Å². The molecule has 0 aliphatic rings. The molecule has 1 aromatic rings. The van der Waals surface area contributed by atoms with Crippen LogP contribution in [-0.2, 0) is 0 Å². The molecule has 5 heteroatoms. The van der Waals surface area contributed by atoms with Crippen molar-refractivity contribution in [3.8, 4) is 0 Å². The predicted molar refractivity (Wildman–Crippen MR) is 62.5 cm³/mol. The maximum Gasteiger partial charge on any atom is 0.254 e. The summed E-state index contributed by atoms with van der Waals surface area (Å²) in [7, 11) is 0. The second-order valence-electron chi connectivity index (χ2n) is 3.49. The molecule has 2 N–H and O–H groups in total. The number of carbonyl (C=O) groups excluding carboxylic acids is 1. The van der Waals surface area contributed by atoms with Gasteiger partial charge in [-0.25, -0.2) is 4.98 Å². The molecule has 4 nitrogen and oxygen atoms in total. The van der Waals surface area contributed by atoms with Gasteiger partial charge in [-0.3, -0.25) is 4.79 Å². The lowest BCUT2D eigenvalue weighted by Crippen LogP contribution is -2.32. The van der Waals surface area contributed by atoms with E-state index >= 15 is 0 Å². The molecule has 88 valence electrons. The number of nitrogens with zero attached hydrogens (tertiary/aromatic N) is 1. The number of aliphatic hydroxyl groups is 1. The fourth-order valence-electron chi connectivity index (χ4n) is 1.30. The largest absolute Gasteiger partial charge is 0.391 e. The number of amides is 1. The van der Waals surface area contributed by atoms with Crippen LogP contribution in [0.25, 0.3) is 0 Å². The third-order valence-electron chi connectivity index (χ3n) is 2.12. The zero-order valence-electron chi connectivity index (χ0n) is 9.11. The van der Waals surface area contributed by atoms with Crippen molar-refractivity contribution in [1.29, 1.82) is 0 Å². The number of pyridine rings is 1. The molecule has 0 saturated heterocycles. The van der Waals surface area contributed by atoms with Gasteiger partial charge in [0.1, 0.15) is 5.15 Å². The van der Waals surface area contributed by atoms with Gasteiger partial charge in [-0.1, -0.05) is 24.9 Å². The summed E-state index contributed by atoms with van der Waals surface area (Å²) < 4.78 is 0. The summed E-state index contributed by atoms with van der Waals surface area (Å²) in [4.78, 5) is 15.4. The molecular weight excluding hydrogens is 228 g/mol. The summed E-state index contributed by atoms with van der Waals surface area (Å²) in [6, 6.07) is 3.24. The van der Waals surface area contributed by atoms with Crippen molar-refractivity contribution in [3.05, 3.63) is 29.0 Å². The molecule has 0 spiro atoms. The van der Waals surface area contributed by atoms with Gasteiger partial charge in [-0.2, -0.15) is 0 Å². The van der Waals surface area contributed by atoms with E-state index in [0.717, 1.165) is 6.42 Å². The van der Waals surface area contributed by atoms with Crippen LogP contribution in [0, 0.1) is 0 Å². The highest BCUT2D eigenvalue weighted by atomic mass is 35.5. The maximum absolute atomic E-state index is 11.6. The standard InChI is InChI=1S/C11H15ClN2O2/c1-2-4-8(15)7-14-11(16)9-5-3-6-13-10(9)12/h3,5-6,8,15H,2,4,7H2,1H3,(H,14,16). The van der Waals surface area contributed by atoms with E-state index < -0.39 is 6.10 Å². The Hall–Kier alpha value is -1.13. The number of hydrogen-bond acceptors (Lipinski definition) is 3. The lowest BCUT2D eigenvalue weighted by Gasteiger charge is -2.10. The van der Waals surface area contributed by atoms with E-state index in [-0.39, 0.29) is 17.6 Å². The Morgan fingerprint density at radius 2 is 2.44 bits per heavy atom. The van der Waals surface area contributed by atoms with Gasteiger partial charge < -0.3 is 10.4 Å². The number of carbonyl (C=O) groups is 1. The molecule has 0 radical (unpaired) electrons. The highest BCUT2D eigenvalue weighted by molar-refractivity contribution is 6.32. The number of aromatic nitrogens is 1. The molecule has 1 amide bonds. The molecule has 16 heavy (non-hydrogen) atoms. The van der Waals surface area contributed by atoms with E-state index in [4.69, 9.17) is 11.6 Å². The number of aliphatic hydroxyl groups excluding tert-OH is 1. The highest BCUT2D eigenvalue weighted by Gasteiger charge is 2.11. The fourth-order valence-corrected chi connectivity index (χ4v) is 1.50. The molecule has 1 heterocycles. The van der Waals surface area contributed by atoms with Crippen molar-refractivity contribution in [2.45, 2.75) is 25.9 Å². The molecule has 1 rings (SSSR count). The Balaban J connectivity index is 2.50. The highest BCUT2D eigenvalue weighted by Crippen LogP contribution is 2.10. The minimum Gasteiger partial charge on any atom is -0.391 e. The van der Waals surface area contributed by atoms with E-state index in [1.807, 2.05) is 6.92 Å². The summed E-state index contributed by atoms with van der Waals surface area (Å²) in [5, 5.41) is 12.2. The molecular formula is C11H15ClN2O2. The van der Waals surface area contributed by atoms with Crippen molar-refractivity contribution in [2.75, 3.05) is 6.54 Å². The van der Waals surface area contributed by atoms with Crippen LogP contribution < -0.4 is 5.32 Å². The zero-order chi connectivity index (χ0) is 12.0. The average molecular weight is 243 g/mol. The lowest BCUT2D eigenvalue weighted by atomic mass is 10.2. The summed E-state index contributed by atoms with van der Waals surface area (Å²) in [6.07, 6.45) is 2.56. The predicted octanol–water partition coefficient (Wildman–Crippen LogP) is 1.63. The van der Waals surface area contributed by atoms with Crippen molar-refractivity contribution in [3.63, 3.8) is 0 Å². The second-order valence-corrected chi connectivity index (χ2v) is 3.85. The van der Waals surface area contributed by atoms with Crippen molar-refractivity contribution < 1.29 is 9.90 Å². The van der Waals surface area contributed by atoms with Crippen LogP contribution >= 0.6 is 11.6 Å². The third-order valence-corrected chi connectivity index (χ3v) is 2.43. The van der Waals surface area contributed by atoms with Gasteiger partial charge in [0.15, 0.2) is 0 Å². The Morgan fingerprint density at radius 3 is 3.06 bits per heavy atom. The van der Waals surface area contributed by atoms with Crippen LogP contribution in [-0.4, -0.2) is 28.6 Å². The van der Waals surface area contributed by atoms with Gasteiger partial charge in [0.05, 0.1) is 11.7 Å². The smallest absolute Gasteiger partial charge is 0.254 e. The molecule has 0 saturated carbocycles. The molecule has 0 fully saturated rings. The van der Waals surface area contributed by atoms with Crippen LogP contribution in [0.1, 0.15) is 30.1 Å². The van der Waals surface area contributed by atoms with Gasteiger partial charge in [-0.05, 0) is 18.6 Å². The summed E-state index contributed by atoms with van der Waals surface area (Å²) in [5.74, 6) is -0.312. The first-order valence-electron chi connectivity index (χ1n) is 5.22. The SMILES string of the molecule is CCCC(O)CNC(=O)c1cccnc1Cl. The quantitative estimate of drug-likeness (QED) is 0.772. The Labute approximate surface area is 99.6 Å². The summed E-state index contributed by atoms with van der Waals surface area (Å²) in [6.45, 7) is 2.21. The topological polar surface area (TPSA) is 62.2 Å². The Bertz CT molecular complexity index is 358. The molecule has 0 aliphatic heterocycles. The van der Waals surface area contributed by atoms with Crippen LogP contribution in [0.15, 0.2) is 18.3 Å². The number of halogens is 1. The maximum atomic E-state index is 11.6. The first-order valence-corrected chi connectivity index (χ1v) is 5.59. The monoisotopic (exact) mass is 242 g/mol. The van der Waals surface area contributed by atoms with Gasteiger partial charge >= 0.3 is 0 Å². The van der Waals surface area contributed by atoms with Crippen LogP contribution in [0.2, 0.25) is 5.15 Å². The van der Waals surface area contributed by atoms with Crippen LogP contribution in [0.5, 0.6) is 0 Å². The van der Waals surface area contributed by atoms with E-state index in [1.54, 1.807) is 12.1 Å². The lowest BCUT2D eigenvalue weighted by molar-refractivity contribution is 0.0910. The van der Waals surface area contributed by atoms with E-state index in [9.17, 15) is 9.90 Å². The summed E-state index contributed by atoms with van der Waals surface area (Å²) in [5.41, 5.74) is 0.327. The average Bonchev–Trinajstić information content (AvgIpc) is 2.27. The first-order chi connectivity index (χ1) is 7.65. The molecule has 0 bridgehead atoms. The zero-order valence-corrected chi connectivity index (χ0v) is 9.87. The van der Waals surface area contributed by atoms with Gasteiger partial charge in [0.2, 0.25) is 0 Å². The van der Waals surface area contributed by atoms with E-state index in [1.165, 1.54) is 6.20 Å². The Morgan fingerprint density at radius 1 is 1.69 bits per heavy atom. The summed E-state index contributed by atoms with van der Waals surface area (Å²) >= 11 is 5.76. The molecule has 1 aromatic heterocycles. The van der Waals surface area contributed by atoms with Crippen LogP contribution in [0.3, 0.4) is 0 Å². The normalized spacial score (nSPS) is 12.2. The third kappa shape index (κ3) is 3.79. The fraction of sp³-hybridized carbons (Fsp3) is 0.455. The minimum atomic E-state index is -0.510. The number of hydrogen-bond donors (Lipinski definition) is 2. The van der Waals surface area contributed by atoms with Gasteiger partial charge in [0.25, 0.3) is 5.91 Å². The van der Waals surface area contributed by atoms with Gasteiger partial charge in [-0.15, -0.1) is 0 Å². The van der Waals surface area contributed by atoms with Crippen LogP contribution in [0.4, 0.5) is 0 Å². The number of nitrogens with one attached hydrogen (secondary N) is 1. The molecule has 0 aliphatic carbocycles. The molecule has 1 atom stereocenters. The second kappa shape index (κ2) is 6.45. The Kier molecular flexibility index (Phi) is 5.22. The number of rotatable bonds is 5. The molecule has 1 unspecified atom stereocenters. The van der Waals surface area contributed by atoms with Crippen molar-refractivity contribution in [2.24, 2.45) is 0 Å². The van der Waals surface area contributed by atoms with Crippen molar-refractivity contribution >= 4 is 17.5 Å². The first kappa shape index (κ1) is 12.9. The minimum absolute atomic E-state index is 0.171. The van der Waals surface area contributed by atoms with Crippen molar-refractivity contribution in [1.82, 2.24) is 10.3 Å².